The van der Waals surface area contributed by atoms with E-state index in [1.165, 1.54) is 0 Å². The maximum absolute atomic E-state index is 11.8. The molecule has 1 N–H and O–H groups in total. The molecule has 0 aliphatic rings. The highest BCUT2D eigenvalue weighted by atomic mass is 79.9. The van der Waals surface area contributed by atoms with Gasteiger partial charge in [-0.3, -0.25) is 0 Å². The summed E-state index contributed by atoms with van der Waals surface area (Å²) in [6.45, 7) is 5.23. The fourth-order valence-electron chi connectivity index (χ4n) is 1.02. The van der Waals surface area contributed by atoms with Crippen molar-refractivity contribution in [3.8, 4) is 0 Å². The molecule has 0 radical (unpaired) electrons. The summed E-state index contributed by atoms with van der Waals surface area (Å²) < 4.78 is 19.8. The number of carbonyl (C=O) groups is 1. The van der Waals surface area contributed by atoms with Crippen LogP contribution in [0.25, 0.3) is 0 Å². The highest BCUT2D eigenvalue weighted by Gasteiger charge is 2.23. The molecule has 0 spiro atoms. The maximum Gasteiger partial charge on any atom is 0.449 e. The quantitative estimate of drug-likeness (QED) is 0.852. The third-order valence-corrected chi connectivity index (χ3v) is 3.67. The summed E-state index contributed by atoms with van der Waals surface area (Å²) in [4.78, 5) is 11.9. The molecule has 0 aliphatic carbocycles. The van der Waals surface area contributed by atoms with E-state index >= 15 is 0 Å². The first-order valence-corrected chi connectivity index (χ1v) is 6.90. The smallest absolute Gasteiger partial charge is 0.449 e. The second-order valence-electron chi connectivity index (χ2n) is 4.30. The van der Waals surface area contributed by atoms with E-state index in [2.05, 4.69) is 20.7 Å². The van der Waals surface area contributed by atoms with Gasteiger partial charge < -0.3 is 9.29 Å². The number of ether oxygens (including phenoxy) is 1. The SMILES string of the molecule is CC(C)(C)OC(=O)N[S+]([O-])c1ccccc1Br. The van der Waals surface area contributed by atoms with Gasteiger partial charge in [-0.05, 0) is 48.8 Å². The van der Waals surface area contributed by atoms with Crippen molar-refractivity contribution >= 4 is 33.4 Å². The van der Waals surface area contributed by atoms with Crippen molar-refractivity contribution in [1.29, 1.82) is 0 Å². The topological polar surface area (TPSA) is 61.4 Å². The molecular formula is C11H14BrNO3S. The fraction of sp³-hybridized carbons (Fsp3) is 0.364. The summed E-state index contributed by atoms with van der Waals surface area (Å²) in [6.07, 6.45) is -0.702. The highest BCUT2D eigenvalue weighted by molar-refractivity contribution is 9.10. The van der Waals surface area contributed by atoms with Crippen LogP contribution >= 0.6 is 15.9 Å². The molecule has 0 saturated heterocycles. The van der Waals surface area contributed by atoms with Crippen LogP contribution in [0, 0.1) is 0 Å². The van der Waals surface area contributed by atoms with Crippen LogP contribution in [0.4, 0.5) is 4.79 Å². The van der Waals surface area contributed by atoms with Gasteiger partial charge in [0, 0.05) is 0 Å². The highest BCUT2D eigenvalue weighted by Crippen LogP contribution is 2.21. The Bertz CT molecular complexity index is 406. The summed E-state index contributed by atoms with van der Waals surface area (Å²) in [5.74, 6) is 0. The first-order chi connectivity index (χ1) is 7.79. The molecule has 1 atom stereocenters. The van der Waals surface area contributed by atoms with Crippen LogP contribution < -0.4 is 4.72 Å². The molecule has 1 aromatic carbocycles. The molecule has 4 nitrogen and oxygen atoms in total. The molecule has 1 aromatic rings. The minimum atomic E-state index is -1.63. The third-order valence-electron chi connectivity index (χ3n) is 1.61. The normalized spacial score (nSPS) is 13.0. The lowest BCUT2D eigenvalue weighted by molar-refractivity contribution is 0.0570. The Balaban J connectivity index is 2.64. The Labute approximate surface area is 112 Å². The number of benzene rings is 1. The Morgan fingerprint density at radius 3 is 2.53 bits per heavy atom. The van der Waals surface area contributed by atoms with E-state index in [0.29, 0.717) is 9.37 Å². The monoisotopic (exact) mass is 319 g/mol. The van der Waals surface area contributed by atoms with Crippen LogP contribution in [0.3, 0.4) is 0 Å². The largest absolute Gasteiger partial charge is 0.588 e. The molecule has 1 unspecified atom stereocenters. The van der Waals surface area contributed by atoms with Crippen molar-refractivity contribution in [1.82, 2.24) is 4.72 Å². The molecule has 94 valence electrons. The van der Waals surface area contributed by atoms with Crippen LogP contribution in [0.5, 0.6) is 0 Å². The number of amides is 1. The van der Waals surface area contributed by atoms with Gasteiger partial charge in [0.05, 0.1) is 4.47 Å². The number of rotatable bonds is 2. The predicted molar refractivity (Wildman–Crippen MR) is 69.9 cm³/mol. The fourth-order valence-corrected chi connectivity index (χ4v) is 2.50. The van der Waals surface area contributed by atoms with Gasteiger partial charge >= 0.3 is 6.09 Å². The van der Waals surface area contributed by atoms with Gasteiger partial charge in [-0.25, -0.2) is 4.79 Å². The maximum atomic E-state index is 11.8. The van der Waals surface area contributed by atoms with Gasteiger partial charge in [0.1, 0.15) is 17.0 Å². The Morgan fingerprint density at radius 2 is 2.00 bits per heavy atom. The minimum Gasteiger partial charge on any atom is -0.588 e. The van der Waals surface area contributed by atoms with Crippen LogP contribution in [-0.4, -0.2) is 16.2 Å². The Morgan fingerprint density at radius 1 is 1.41 bits per heavy atom. The first kappa shape index (κ1) is 14.3. The number of nitrogens with one attached hydrogen (secondary N) is 1. The lowest BCUT2D eigenvalue weighted by Gasteiger charge is -2.20. The zero-order valence-electron chi connectivity index (χ0n) is 9.82. The Kier molecular flexibility index (Phi) is 4.85. The van der Waals surface area contributed by atoms with Gasteiger partial charge in [-0.1, -0.05) is 12.1 Å². The van der Waals surface area contributed by atoms with Crippen molar-refractivity contribution in [2.75, 3.05) is 0 Å². The molecule has 0 saturated carbocycles. The predicted octanol–water partition coefficient (Wildman–Crippen LogP) is 3.00. The van der Waals surface area contributed by atoms with Gasteiger partial charge in [0.25, 0.3) is 0 Å². The van der Waals surface area contributed by atoms with E-state index in [1.54, 1.807) is 45.0 Å². The average Bonchev–Trinajstić information content (AvgIpc) is 2.14. The molecule has 1 rings (SSSR count). The zero-order chi connectivity index (χ0) is 13.1. The van der Waals surface area contributed by atoms with Crippen molar-refractivity contribution < 1.29 is 14.1 Å². The summed E-state index contributed by atoms with van der Waals surface area (Å²) in [6, 6.07) is 6.97. The van der Waals surface area contributed by atoms with E-state index < -0.39 is 23.1 Å². The Hall–Kier alpha value is -0.720. The van der Waals surface area contributed by atoms with Crippen LogP contribution in [0.1, 0.15) is 20.8 Å². The van der Waals surface area contributed by atoms with E-state index in [-0.39, 0.29) is 0 Å². The summed E-state index contributed by atoms with van der Waals surface area (Å²) in [7, 11) is 0. The van der Waals surface area contributed by atoms with Crippen molar-refractivity contribution in [3.05, 3.63) is 28.7 Å². The number of hydrogen-bond donors (Lipinski definition) is 1. The third kappa shape index (κ3) is 4.97. The van der Waals surface area contributed by atoms with Crippen LogP contribution in [0.2, 0.25) is 0 Å². The molecular weight excluding hydrogens is 306 g/mol. The number of hydrogen-bond acceptors (Lipinski definition) is 3. The summed E-state index contributed by atoms with van der Waals surface area (Å²) in [5, 5.41) is 0. The van der Waals surface area contributed by atoms with E-state index in [9.17, 15) is 9.35 Å². The molecule has 0 aromatic heterocycles. The molecule has 0 bridgehead atoms. The van der Waals surface area contributed by atoms with E-state index in [4.69, 9.17) is 4.74 Å². The number of carbonyl (C=O) groups excluding carboxylic acids is 1. The molecule has 0 fully saturated rings. The average molecular weight is 320 g/mol. The zero-order valence-corrected chi connectivity index (χ0v) is 12.2. The summed E-state index contributed by atoms with van der Waals surface area (Å²) >= 11 is 1.63. The second kappa shape index (κ2) is 5.75. The molecule has 0 heterocycles. The van der Waals surface area contributed by atoms with Gasteiger partial charge in [0.2, 0.25) is 0 Å². The second-order valence-corrected chi connectivity index (χ2v) is 6.34. The van der Waals surface area contributed by atoms with E-state index in [0.717, 1.165) is 0 Å². The van der Waals surface area contributed by atoms with Gasteiger partial charge in [-0.2, -0.15) is 0 Å². The van der Waals surface area contributed by atoms with Crippen molar-refractivity contribution in [2.24, 2.45) is 0 Å². The molecule has 1 amide bonds. The summed E-state index contributed by atoms with van der Waals surface area (Å²) in [5.41, 5.74) is -0.609. The van der Waals surface area contributed by atoms with Crippen molar-refractivity contribution in [3.63, 3.8) is 0 Å². The molecule has 17 heavy (non-hydrogen) atoms. The van der Waals surface area contributed by atoms with Crippen LogP contribution in [0.15, 0.2) is 33.6 Å². The van der Waals surface area contributed by atoms with Gasteiger partial charge in [-0.15, -0.1) is 4.72 Å². The van der Waals surface area contributed by atoms with E-state index in [1.807, 2.05) is 0 Å². The van der Waals surface area contributed by atoms with Crippen molar-refractivity contribution in [2.45, 2.75) is 31.3 Å². The lowest BCUT2D eigenvalue weighted by atomic mass is 10.2. The number of halogens is 1. The lowest BCUT2D eigenvalue weighted by Crippen LogP contribution is -2.36. The minimum absolute atomic E-state index is 0.498. The molecule has 0 aliphatic heterocycles. The first-order valence-electron chi connectivity index (χ1n) is 4.95. The standard InChI is InChI=1S/C11H14BrNO3S/c1-11(2,3)16-10(14)13-17(15)9-7-5-4-6-8(9)12/h4-7H,1-3H3,(H,13,14). The molecule has 6 heteroatoms. The van der Waals surface area contributed by atoms with Gasteiger partial charge in [0.15, 0.2) is 4.90 Å². The van der Waals surface area contributed by atoms with Crippen LogP contribution in [-0.2, 0) is 16.1 Å².